The predicted octanol–water partition coefficient (Wildman–Crippen LogP) is 2.22. The summed E-state index contributed by atoms with van der Waals surface area (Å²) in [5.74, 6) is -0.538. The second-order valence-corrected chi connectivity index (χ2v) is 5.95. The number of ether oxygens (including phenoxy) is 1. The third-order valence-corrected chi connectivity index (χ3v) is 3.66. The first-order valence-electron chi connectivity index (χ1n) is 5.37. The molecule has 18 heavy (non-hydrogen) atoms. The van der Waals surface area contributed by atoms with Crippen molar-refractivity contribution in [3.8, 4) is 0 Å². The molecule has 0 aromatic heterocycles. The van der Waals surface area contributed by atoms with Crippen LogP contribution < -0.4 is 0 Å². The van der Waals surface area contributed by atoms with Crippen LogP contribution in [0.1, 0.15) is 28.4 Å². The van der Waals surface area contributed by atoms with Gasteiger partial charge in [-0.05, 0) is 37.1 Å². The standard InChI is InChI=1S/C13H16O4S/c1-5-6-10-7-9(2)11(13(14)17-3)8-12(10)18(4,15)16/h5-8H,1-4H3/b6-5+. The van der Waals surface area contributed by atoms with Crippen molar-refractivity contribution in [3.63, 3.8) is 0 Å². The van der Waals surface area contributed by atoms with Crippen LogP contribution in [0.3, 0.4) is 0 Å². The molecule has 4 nitrogen and oxygen atoms in total. The normalized spacial score (nSPS) is 11.8. The zero-order valence-electron chi connectivity index (χ0n) is 10.9. The highest BCUT2D eigenvalue weighted by molar-refractivity contribution is 7.90. The molecule has 5 heteroatoms. The van der Waals surface area contributed by atoms with E-state index in [1.165, 1.54) is 13.2 Å². The Morgan fingerprint density at radius 1 is 1.33 bits per heavy atom. The summed E-state index contributed by atoms with van der Waals surface area (Å²) < 4.78 is 28.1. The SMILES string of the molecule is C/C=C/c1cc(C)c(C(=O)OC)cc1S(C)(=O)=O. The summed E-state index contributed by atoms with van der Waals surface area (Å²) in [5, 5.41) is 0. The minimum Gasteiger partial charge on any atom is -0.465 e. The van der Waals surface area contributed by atoms with E-state index in [1.54, 1.807) is 32.1 Å². The number of hydrogen-bond acceptors (Lipinski definition) is 4. The Kier molecular flexibility index (Phi) is 4.29. The number of aryl methyl sites for hydroxylation is 1. The van der Waals surface area contributed by atoms with Gasteiger partial charge in [0.05, 0.1) is 17.6 Å². The Labute approximate surface area is 107 Å². The third-order valence-electron chi connectivity index (χ3n) is 2.51. The van der Waals surface area contributed by atoms with Crippen LogP contribution in [0.2, 0.25) is 0 Å². The molecule has 0 aliphatic carbocycles. The van der Waals surface area contributed by atoms with Crippen LogP contribution in [0, 0.1) is 6.92 Å². The summed E-state index contributed by atoms with van der Waals surface area (Å²) in [7, 11) is -2.13. The van der Waals surface area contributed by atoms with Crippen molar-refractivity contribution < 1.29 is 17.9 Å². The fraction of sp³-hybridized carbons (Fsp3) is 0.308. The molecule has 0 radical (unpaired) electrons. The molecule has 98 valence electrons. The number of esters is 1. The van der Waals surface area contributed by atoms with Crippen LogP contribution in [0.5, 0.6) is 0 Å². The molecule has 0 saturated heterocycles. The van der Waals surface area contributed by atoms with E-state index in [1.807, 2.05) is 0 Å². The molecule has 0 fully saturated rings. The average molecular weight is 268 g/mol. The number of benzene rings is 1. The molecule has 0 N–H and O–H groups in total. The molecule has 0 aliphatic rings. The van der Waals surface area contributed by atoms with Crippen molar-refractivity contribution in [1.29, 1.82) is 0 Å². The summed E-state index contributed by atoms with van der Waals surface area (Å²) in [6.45, 7) is 3.54. The number of carbonyl (C=O) groups is 1. The zero-order valence-corrected chi connectivity index (χ0v) is 11.7. The van der Waals surface area contributed by atoms with Crippen molar-refractivity contribution >= 4 is 21.9 Å². The highest BCUT2D eigenvalue weighted by Crippen LogP contribution is 2.23. The van der Waals surface area contributed by atoms with Crippen LogP contribution in [0.25, 0.3) is 6.08 Å². The van der Waals surface area contributed by atoms with Crippen molar-refractivity contribution in [2.75, 3.05) is 13.4 Å². The smallest absolute Gasteiger partial charge is 0.338 e. The third kappa shape index (κ3) is 2.98. The molecule has 0 saturated carbocycles. The Morgan fingerprint density at radius 3 is 2.39 bits per heavy atom. The quantitative estimate of drug-likeness (QED) is 0.789. The van der Waals surface area contributed by atoms with Crippen molar-refractivity contribution in [2.24, 2.45) is 0 Å². The number of allylic oxidation sites excluding steroid dienone is 1. The molecular formula is C13H16O4S. The number of hydrogen-bond donors (Lipinski definition) is 0. The largest absolute Gasteiger partial charge is 0.465 e. The Hall–Kier alpha value is -1.62. The molecule has 1 aromatic carbocycles. The van der Waals surface area contributed by atoms with E-state index < -0.39 is 15.8 Å². The summed E-state index contributed by atoms with van der Waals surface area (Å²) >= 11 is 0. The van der Waals surface area contributed by atoms with E-state index in [0.29, 0.717) is 11.1 Å². The molecule has 1 aromatic rings. The van der Waals surface area contributed by atoms with Crippen LogP contribution >= 0.6 is 0 Å². The van der Waals surface area contributed by atoms with Crippen LogP contribution in [-0.2, 0) is 14.6 Å². The monoisotopic (exact) mass is 268 g/mol. The first kappa shape index (κ1) is 14.4. The number of rotatable bonds is 3. The maximum atomic E-state index is 11.7. The van der Waals surface area contributed by atoms with Crippen LogP contribution in [-0.4, -0.2) is 27.8 Å². The van der Waals surface area contributed by atoms with Gasteiger partial charge in [-0.1, -0.05) is 12.2 Å². The Balaban J connectivity index is 3.61. The van der Waals surface area contributed by atoms with Gasteiger partial charge < -0.3 is 4.74 Å². The fourth-order valence-electron chi connectivity index (χ4n) is 1.67. The summed E-state index contributed by atoms with van der Waals surface area (Å²) in [4.78, 5) is 11.7. The molecule has 0 atom stereocenters. The van der Waals surface area contributed by atoms with Gasteiger partial charge in [-0.15, -0.1) is 0 Å². The second-order valence-electron chi connectivity index (χ2n) is 3.97. The number of sulfone groups is 1. The summed E-state index contributed by atoms with van der Waals surface area (Å²) in [6.07, 6.45) is 4.57. The van der Waals surface area contributed by atoms with E-state index in [0.717, 1.165) is 6.26 Å². The second kappa shape index (κ2) is 5.35. The highest BCUT2D eigenvalue weighted by Gasteiger charge is 2.18. The van der Waals surface area contributed by atoms with Gasteiger partial charge in [-0.3, -0.25) is 0 Å². The highest BCUT2D eigenvalue weighted by atomic mass is 32.2. The number of methoxy groups -OCH3 is 1. The average Bonchev–Trinajstić information content (AvgIpc) is 2.27. The van der Waals surface area contributed by atoms with Gasteiger partial charge in [0, 0.05) is 6.26 Å². The lowest BCUT2D eigenvalue weighted by Gasteiger charge is -2.10. The van der Waals surface area contributed by atoms with Gasteiger partial charge in [-0.25, -0.2) is 13.2 Å². The summed E-state index contributed by atoms with van der Waals surface area (Å²) in [6, 6.07) is 3.04. The molecule has 0 heterocycles. The van der Waals surface area contributed by atoms with Gasteiger partial charge in [0.15, 0.2) is 9.84 Å². The molecule has 0 unspecified atom stereocenters. The minimum absolute atomic E-state index is 0.131. The van der Waals surface area contributed by atoms with E-state index >= 15 is 0 Å². The first-order chi connectivity index (χ1) is 8.31. The molecule has 1 rings (SSSR count). The van der Waals surface area contributed by atoms with Gasteiger partial charge >= 0.3 is 5.97 Å². The van der Waals surface area contributed by atoms with E-state index in [2.05, 4.69) is 4.74 Å². The topological polar surface area (TPSA) is 60.4 Å². The maximum Gasteiger partial charge on any atom is 0.338 e. The van der Waals surface area contributed by atoms with Gasteiger partial charge in [-0.2, -0.15) is 0 Å². The molecular weight excluding hydrogens is 252 g/mol. The van der Waals surface area contributed by atoms with E-state index in [4.69, 9.17) is 0 Å². The lowest BCUT2D eigenvalue weighted by Crippen LogP contribution is -2.08. The van der Waals surface area contributed by atoms with Gasteiger partial charge in [0.1, 0.15) is 0 Å². The summed E-state index contributed by atoms with van der Waals surface area (Å²) in [5.41, 5.74) is 1.53. The lowest BCUT2D eigenvalue weighted by molar-refractivity contribution is 0.0599. The van der Waals surface area contributed by atoms with Crippen LogP contribution in [0.15, 0.2) is 23.1 Å². The predicted molar refractivity (Wildman–Crippen MR) is 70.3 cm³/mol. The minimum atomic E-state index is -3.40. The Morgan fingerprint density at radius 2 is 1.94 bits per heavy atom. The molecule has 0 amide bonds. The zero-order chi connectivity index (χ0) is 13.9. The molecule has 0 bridgehead atoms. The lowest BCUT2D eigenvalue weighted by atomic mass is 10.0. The maximum absolute atomic E-state index is 11.7. The van der Waals surface area contributed by atoms with Crippen molar-refractivity contribution in [1.82, 2.24) is 0 Å². The number of carbonyl (C=O) groups excluding carboxylic acids is 1. The van der Waals surface area contributed by atoms with Gasteiger partial charge in [0.25, 0.3) is 0 Å². The van der Waals surface area contributed by atoms with Gasteiger partial charge in [0.2, 0.25) is 0 Å². The van der Waals surface area contributed by atoms with Crippen molar-refractivity contribution in [3.05, 3.63) is 34.9 Å². The van der Waals surface area contributed by atoms with Crippen molar-refractivity contribution in [2.45, 2.75) is 18.7 Å². The van der Waals surface area contributed by atoms with E-state index in [9.17, 15) is 13.2 Å². The molecule has 0 aliphatic heterocycles. The Bertz CT molecular complexity index is 598. The van der Waals surface area contributed by atoms with E-state index in [-0.39, 0.29) is 10.5 Å². The first-order valence-corrected chi connectivity index (χ1v) is 7.26. The molecule has 0 spiro atoms. The van der Waals surface area contributed by atoms with Crippen LogP contribution in [0.4, 0.5) is 0 Å². The fourth-order valence-corrected chi connectivity index (χ4v) is 2.56.